The van der Waals surface area contributed by atoms with Crippen LogP contribution in [0.3, 0.4) is 0 Å². The van der Waals surface area contributed by atoms with Gasteiger partial charge in [-0.25, -0.2) is 28.6 Å². The molecule has 1 aliphatic heterocycles. The number of phosphoric ester groups is 3. The summed E-state index contributed by atoms with van der Waals surface area (Å²) in [4.78, 5) is 88.1. The lowest BCUT2D eigenvalue weighted by Crippen LogP contribution is -2.46. The van der Waals surface area contributed by atoms with Crippen LogP contribution in [0.5, 0.6) is 0 Å². The van der Waals surface area contributed by atoms with Gasteiger partial charge in [-0.05, 0) is 25.7 Å². The number of hydrogen-bond acceptors (Lipinski definition) is 18. The van der Waals surface area contributed by atoms with Crippen molar-refractivity contribution in [1.29, 1.82) is 0 Å². The molecule has 352 valence electrons. The molecule has 0 radical (unpaired) electrons. The van der Waals surface area contributed by atoms with Gasteiger partial charge in [0.1, 0.15) is 36.3 Å². The van der Waals surface area contributed by atoms with Crippen molar-refractivity contribution in [2.75, 3.05) is 37.8 Å². The van der Waals surface area contributed by atoms with E-state index < -0.39 is 84.6 Å². The number of phosphoric acid groups is 3. The van der Waals surface area contributed by atoms with E-state index in [1.165, 1.54) is 13.8 Å². The van der Waals surface area contributed by atoms with Crippen LogP contribution in [0, 0.1) is 5.41 Å². The molecule has 3 rings (SSSR count). The van der Waals surface area contributed by atoms with E-state index >= 15 is 0 Å². The molecular weight excluding hydrogens is 903 g/mol. The minimum Gasteiger partial charge on any atom is -0.386 e. The largest absolute Gasteiger partial charge is 0.481 e. The van der Waals surface area contributed by atoms with Crippen molar-refractivity contribution in [1.82, 2.24) is 30.2 Å². The average molecular weight is 962 g/mol. The highest BCUT2D eigenvalue weighted by Crippen LogP contribution is 2.61. The van der Waals surface area contributed by atoms with Crippen LogP contribution < -0.4 is 16.4 Å². The summed E-state index contributed by atoms with van der Waals surface area (Å²) in [6.45, 7) is 2.71. The Kier molecular flexibility index (Phi) is 21.7. The lowest BCUT2D eigenvalue weighted by molar-refractivity contribution is -0.137. The van der Waals surface area contributed by atoms with Crippen molar-refractivity contribution in [2.45, 2.75) is 116 Å². The second-order valence-electron chi connectivity index (χ2n) is 14.9. The van der Waals surface area contributed by atoms with Crippen LogP contribution in [0.1, 0.15) is 91.2 Å². The van der Waals surface area contributed by atoms with E-state index in [4.69, 9.17) is 19.5 Å². The van der Waals surface area contributed by atoms with Gasteiger partial charge in [0.05, 0.1) is 19.5 Å². The topological polar surface area (TPSA) is 364 Å². The molecule has 0 spiro atoms. The number of rotatable bonds is 29. The number of imidazole rings is 1. The number of thioether (sulfide) groups is 1. The van der Waals surface area contributed by atoms with Gasteiger partial charge < -0.3 is 50.9 Å². The number of nitrogens with two attached hydrogens (primary N) is 1. The van der Waals surface area contributed by atoms with E-state index in [2.05, 4.69) is 53.5 Å². The minimum atomic E-state index is -5.57. The lowest BCUT2D eigenvalue weighted by Gasteiger charge is -2.30. The molecule has 1 fully saturated rings. The number of carbonyl (C=O) groups excluding carboxylic acids is 3. The predicted octanol–water partition coefficient (Wildman–Crippen LogP) is 2.75. The van der Waals surface area contributed by atoms with Crippen molar-refractivity contribution in [3.05, 3.63) is 24.8 Å². The second kappa shape index (κ2) is 25.1. The third-order valence-electron chi connectivity index (χ3n) is 9.14. The molecule has 62 heavy (non-hydrogen) atoms. The zero-order valence-corrected chi connectivity index (χ0v) is 38.1. The lowest BCUT2D eigenvalue weighted by atomic mass is 9.87. The smallest absolute Gasteiger partial charge is 0.386 e. The summed E-state index contributed by atoms with van der Waals surface area (Å²) in [5.41, 5.74) is 4.28. The van der Waals surface area contributed by atoms with Gasteiger partial charge in [0.2, 0.25) is 11.8 Å². The molecule has 7 unspecified atom stereocenters. The normalized spacial score (nSPS) is 20.9. The summed E-state index contributed by atoms with van der Waals surface area (Å²) >= 11 is 1.14. The zero-order chi connectivity index (χ0) is 46.1. The van der Waals surface area contributed by atoms with Crippen LogP contribution in [0.15, 0.2) is 24.8 Å². The SMILES string of the molecule is CCC/C=C/CCCCCCCC(=O)SCCNC(=O)CCNC(=O)C(O)C(C)(C)COP(=O)(O)OP(=O)(O)OCC1OC(n2cnc3c(N)ncnc32)C(O)C1OP(=O)(O)O. The first-order valence-corrected chi connectivity index (χ1v) is 25.3. The number of amides is 2. The number of nitrogen functional groups attached to an aromatic ring is 1. The molecule has 24 nitrogen and oxygen atoms in total. The maximum Gasteiger partial charge on any atom is 0.481 e. The van der Waals surface area contributed by atoms with Crippen molar-refractivity contribution in [2.24, 2.45) is 5.41 Å². The molecular formula is C34H58N7O17P3S. The van der Waals surface area contributed by atoms with Gasteiger partial charge in [-0.15, -0.1) is 0 Å². The average Bonchev–Trinajstić information content (AvgIpc) is 3.75. The fourth-order valence-electron chi connectivity index (χ4n) is 5.83. The number of ether oxygens (including phenoxy) is 1. The number of hydrogen-bond donors (Lipinski definition) is 9. The summed E-state index contributed by atoms with van der Waals surface area (Å²) in [6.07, 6.45) is 6.54. The van der Waals surface area contributed by atoms with E-state index in [9.17, 15) is 57.9 Å². The highest BCUT2D eigenvalue weighted by Gasteiger charge is 2.50. The molecule has 2 aromatic rings. The number of aliphatic hydroxyl groups is 2. The van der Waals surface area contributed by atoms with E-state index in [-0.39, 0.29) is 41.6 Å². The Morgan fingerprint density at radius 3 is 2.35 bits per heavy atom. The molecule has 1 aliphatic rings. The Morgan fingerprint density at radius 1 is 0.968 bits per heavy atom. The van der Waals surface area contributed by atoms with Gasteiger partial charge in [0, 0.05) is 37.1 Å². The summed E-state index contributed by atoms with van der Waals surface area (Å²) in [5, 5.41) is 26.6. The van der Waals surface area contributed by atoms with Crippen LogP contribution >= 0.6 is 35.2 Å². The summed E-state index contributed by atoms with van der Waals surface area (Å²) in [6, 6.07) is 0. The van der Waals surface area contributed by atoms with Crippen molar-refractivity contribution in [3.8, 4) is 0 Å². The summed E-state index contributed by atoms with van der Waals surface area (Å²) in [7, 11) is -16.4. The fraction of sp³-hybridized carbons (Fsp3) is 0.706. The third-order valence-corrected chi connectivity index (χ3v) is 13.2. The summed E-state index contributed by atoms with van der Waals surface area (Å²) in [5.74, 6) is -1.04. The first-order valence-electron chi connectivity index (χ1n) is 19.8. The van der Waals surface area contributed by atoms with Gasteiger partial charge in [0.15, 0.2) is 22.8 Å². The molecule has 10 N–H and O–H groups in total. The van der Waals surface area contributed by atoms with Crippen LogP contribution in [0.2, 0.25) is 0 Å². The molecule has 0 aromatic carbocycles. The minimum absolute atomic E-state index is 0.0324. The fourth-order valence-corrected chi connectivity index (χ4v) is 9.38. The Balaban J connectivity index is 1.37. The van der Waals surface area contributed by atoms with Gasteiger partial charge >= 0.3 is 23.5 Å². The Morgan fingerprint density at radius 2 is 1.65 bits per heavy atom. The molecule has 3 heterocycles. The number of nitrogens with one attached hydrogen (secondary N) is 2. The number of nitrogens with zero attached hydrogens (tertiary/aromatic N) is 4. The number of unbranched alkanes of at least 4 members (excludes halogenated alkanes) is 6. The number of carbonyl (C=O) groups is 3. The third kappa shape index (κ3) is 18.4. The number of aliphatic hydroxyl groups excluding tert-OH is 2. The monoisotopic (exact) mass is 961 g/mol. The number of allylic oxidation sites excluding steroid dienone is 2. The van der Waals surface area contributed by atoms with E-state index in [0.717, 1.165) is 80.4 Å². The van der Waals surface area contributed by atoms with Crippen LogP contribution in [-0.4, -0.2) is 123 Å². The molecule has 7 atom stereocenters. The van der Waals surface area contributed by atoms with E-state index in [1.54, 1.807) is 0 Å². The molecule has 0 bridgehead atoms. The van der Waals surface area contributed by atoms with Crippen LogP contribution in [-0.2, 0) is 50.7 Å². The quantitative estimate of drug-likeness (QED) is 0.0321. The van der Waals surface area contributed by atoms with Gasteiger partial charge in [-0.2, -0.15) is 4.31 Å². The van der Waals surface area contributed by atoms with Crippen LogP contribution in [0.25, 0.3) is 11.2 Å². The van der Waals surface area contributed by atoms with Crippen molar-refractivity contribution >= 4 is 69.1 Å². The molecule has 2 aromatic heterocycles. The molecule has 0 aliphatic carbocycles. The number of anilines is 1. The molecule has 1 saturated heterocycles. The van der Waals surface area contributed by atoms with Gasteiger partial charge in [0.25, 0.3) is 0 Å². The Labute approximate surface area is 362 Å². The number of aromatic nitrogens is 4. The van der Waals surface area contributed by atoms with Gasteiger partial charge in [-0.1, -0.05) is 70.4 Å². The Bertz CT molecular complexity index is 1950. The van der Waals surface area contributed by atoms with Crippen LogP contribution in [0.4, 0.5) is 5.82 Å². The highest BCUT2D eigenvalue weighted by molar-refractivity contribution is 8.13. The number of fused-ring (bicyclic) bond motifs is 1. The zero-order valence-electron chi connectivity index (χ0n) is 34.6. The first kappa shape index (κ1) is 53.6. The highest BCUT2D eigenvalue weighted by atomic mass is 32.2. The molecule has 2 amide bonds. The van der Waals surface area contributed by atoms with Gasteiger partial charge in [-0.3, -0.25) is 32.5 Å². The summed E-state index contributed by atoms with van der Waals surface area (Å²) < 4.78 is 62.3. The molecule has 28 heteroatoms. The van der Waals surface area contributed by atoms with Crippen molar-refractivity contribution in [3.63, 3.8) is 0 Å². The first-order chi connectivity index (χ1) is 29.1. The second-order valence-corrected chi connectivity index (χ2v) is 20.2. The maximum atomic E-state index is 12.7. The maximum absolute atomic E-state index is 12.7. The van der Waals surface area contributed by atoms with E-state index in [0.29, 0.717) is 12.2 Å². The Hall–Kier alpha value is -2.70. The van der Waals surface area contributed by atoms with E-state index in [1.807, 2.05) is 0 Å². The predicted molar refractivity (Wildman–Crippen MR) is 223 cm³/mol. The van der Waals surface area contributed by atoms with Crippen molar-refractivity contribution < 1.29 is 80.5 Å². The molecule has 0 saturated carbocycles. The standard InChI is InChI=1S/C34H58N7O17P3S/c1-4-5-6-7-8-9-10-11-12-13-14-25(43)62-18-17-36-24(42)15-16-37-32(46)29(45)34(2,3)20-55-61(52,53)58-60(50,51)54-19-23-28(57-59(47,48)49)27(44)33(56-23)41-22-40-26-30(35)38-21-39-31(26)41/h6-7,21-23,27-29,33,44-45H,4-5,8-20H2,1-3H3,(H,36,42)(H,37,46)(H,50,51)(H,52,53)(H2,35,38,39)(H2,47,48,49)/b7-6+.